The molecule has 0 spiro atoms. The Kier molecular flexibility index (Phi) is 5.18. The molecule has 17 heavy (non-hydrogen) atoms. The molecule has 0 bridgehead atoms. The van der Waals surface area contributed by atoms with Crippen molar-refractivity contribution in [2.45, 2.75) is 0 Å². The van der Waals surface area contributed by atoms with Gasteiger partial charge >= 0.3 is 0 Å². The van der Waals surface area contributed by atoms with E-state index in [2.05, 4.69) is 0 Å². The van der Waals surface area contributed by atoms with Crippen LogP contribution in [-0.2, 0) is 0 Å². The number of hydrogen-bond acceptors (Lipinski definition) is 1. The van der Waals surface area contributed by atoms with Crippen molar-refractivity contribution in [3.63, 3.8) is 0 Å². The highest BCUT2D eigenvalue weighted by atomic mass is 35.5. The van der Waals surface area contributed by atoms with Crippen LogP contribution in [0.3, 0.4) is 0 Å². The zero-order chi connectivity index (χ0) is 11.2. The Balaban J connectivity index is 0.00000144. The second kappa shape index (κ2) is 6.66. The van der Waals surface area contributed by atoms with Gasteiger partial charge in [0, 0.05) is 5.56 Å². The minimum absolute atomic E-state index is 0. The van der Waals surface area contributed by atoms with Gasteiger partial charge in [0.1, 0.15) is 0 Å². The molecule has 0 heterocycles. The minimum Gasteiger partial charge on any atom is -1.00 e. The maximum Gasteiger partial charge on any atom is 0.185 e. The average molecular weight is 244 g/mol. The van der Waals surface area contributed by atoms with Gasteiger partial charge in [-0.15, -0.1) is 0 Å². The number of ketones is 1. The van der Waals surface area contributed by atoms with Crippen LogP contribution >= 0.6 is 0 Å². The summed E-state index contributed by atoms with van der Waals surface area (Å²) in [5, 5.41) is 0. The summed E-state index contributed by atoms with van der Waals surface area (Å²) in [4.78, 5) is 11.7. The molecule has 2 rings (SSSR count). The largest absolute Gasteiger partial charge is 1.00 e. The molecule has 0 fully saturated rings. The van der Waals surface area contributed by atoms with Crippen molar-refractivity contribution >= 4 is 11.9 Å². The van der Waals surface area contributed by atoms with Crippen molar-refractivity contribution in [1.82, 2.24) is 0 Å². The molecule has 2 aromatic carbocycles. The van der Waals surface area contributed by atoms with Gasteiger partial charge in [-0.25, -0.2) is 0 Å². The second-order valence-corrected chi connectivity index (χ2v) is 3.47. The summed E-state index contributed by atoms with van der Waals surface area (Å²) in [6, 6.07) is 19.1. The molecular weight excluding hydrogens is 232 g/mol. The van der Waals surface area contributed by atoms with Crippen LogP contribution in [0.5, 0.6) is 0 Å². The number of carbonyl (C=O) groups is 1. The minimum atomic E-state index is 0. The molecule has 1 nitrogen and oxygen atoms in total. The third kappa shape index (κ3) is 3.89. The molecule has 0 aliphatic rings. The summed E-state index contributed by atoms with van der Waals surface area (Å²) in [6.45, 7) is 0. The fourth-order valence-corrected chi connectivity index (χ4v) is 1.43. The van der Waals surface area contributed by atoms with Crippen LogP contribution in [0, 0.1) is 0 Å². The van der Waals surface area contributed by atoms with Gasteiger partial charge in [-0.2, -0.15) is 0 Å². The molecule has 0 aliphatic heterocycles. The van der Waals surface area contributed by atoms with E-state index in [9.17, 15) is 4.79 Å². The third-order valence-corrected chi connectivity index (χ3v) is 2.29. The van der Waals surface area contributed by atoms with E-state index in [1.807, 2.05) is 66.7 Å². The Morgan fingerprint density at radius 1 is 0.824 bits per heavy atom. The first-order valence-electron chi connectivity index (χ1n) is 5.19. The SMILES string of the molecule is O=C(/C=C/c1ccccc1)c1ccccc1.[Cl-]. The number of hydrogen-bond donors (Lipinski definition) is 0. The lowest BCUT2D eigenvalue weighted by Crippen LogP contribution is -3.00. The van der Waals surface area contributed by atoms with Crippen molar-refractivity contribution in [3.05, 3.63) is 77.9 Å². The Morgan fingerprint density at radius 2 is 1.35 bits per heavy atom. The van der Waals surface area contributed by atoms with Gasteiger partial charge in [0.15, 0.2) is 5.78 Å². The Bertz CT molecular complexity index is 489. The number of carbonyl (C=O) groups excluding carboxylic acids is 1. The fraction of sp³-hybridized carbons (Fsp3) is 0. The summed E-state index contributed by atoms with van der Waals surface area (Å²) in [5.41, 5.74) is 1.75. The summed E-state index contributed by atoms with van der Waals surface area (Å²) < 4.78 is 0. The van der Waals surface area contributed by atoms with E-state index in [0.29, 0.717) is 0 Å². The van der Waals surface area contributed by atoms with E-state index < -0.39 is 0 Å². The number of benzene rings is 2. The van der Waals surface area contributed by atoms with Gasteiger partial charge in [0.05, 0.1) is 0 Å². The maximum atomic E-state index is 11.7. The van der Waals surface area contributed by atoms with E-state index in [4.69, 9.17) is 0 Å². The van der Waals surface area contributed by atoms with Crippen molar-refractivity contribution in [2.24, 2.45) is 0 Å². The number of allylic oxidation sites excluding steroid dienone is 1. The Morgan fingerprint density at radius 3 is 1.94 bits per heavy atom. The summed E-state index contributed by atoms with van der Waals surface area (Å²) in [7, 11) is 0. The van der Waals surface area contributed by atoms with Crippen LogP contribution in [0.2, 0.25) is 0 Å². The molecular formula is C15H12ClO-. The lowest BCUT2D eigenvalue weighted by atomic mass is 10.1. The number of halogens is 1. The molecule has 2 aromatic rings. The van der Waals surface area contributed by atoms with E-state index in [1.54, 1.807) is 6.08 Å². The van der Waals surface area contributed by atoms with E-state index in [1.165, 1.54) is 0 Å². The van der Waals surface area contributed by atoms with Crippen molar-refractivity contribution in [2.75, 3.05) is 0 Å². The predicted octanol–water partition coefficient (Wildman–Crippen LogP) is 0.587. The first kappa shape index (κ1) is 13.2. The predicted molar refractivity (Wildman–Crippen MR) is 66.2 cm³/mol. The first-order valence-corrected chi connectivity index (χ1v) is 5.19. The van der Waals surface area contributed by atoms with Gasteiger partial charge in [-0.3, -0.25) is 4.79 Å². The van der Waals surface area contributed by atoms with Gasteiger partial charge in [0.25, 0.3) is 0 Å². The molecule has 0 aliphatic carbocycles. The third-order valence-electron chi connectivity index (χ3n) is 2.29. The first-order chi connectivity index (χ1) is 7.86. The van der Waals surface area contributed by atoms with Gasteiger partial charge in [0.2, 0.25) is 0 Å². The van der Waals surface area contributed by atoms with Gasteiger partial charge in [-0.1, -0.05) is 66.7 Å². The van der Waals surface area contributed by atoms with Crippen molar-refractivity contribution < 1.29 is 17.2 Å². The fourth-order valence-electron chi connectivity index (χ4n) is 1.43. The molecule has 0 N–H and O–H groups in total. The molecule has 0 atom stereocenters. The summed E-state index contributed by atoms with van der Waals surface area (Å²) in [6.07, 6.45) is 3.43. The van der Waals surface area contributed by atoms with Gasteiger partial charge < -0.3 is 12.4 Å². The molecule has 0 saturated carbocycles. The van der Waals surface area contributed by atoms with Gasteiger partial charge in [-0.05, 0) is 11.6 Å². The highest BCUT2D eigenvalue weighted by Crippen LogP contribution is 2.05. The zero-order valence-electron chi connectivity index (χ0n) is 9.21. The highest BCUT2D eigenvalue weighted by Gasteiger charge is 1.98. The smallest absolute Gasteiger partial charge is 0.185 e. The molecule has 86 valence electrons. The average Bonchev–Trinajstić information content (AvgIpc) is 2.38. The van der Waals surface area contributed by atoms with E-state index >= 15 is 0 Å². The normalized spacial score (nSPS) is 9.88. The number of rotatable bonds is 3. The summed E-state index contributed by atoms with van der Waals surface area (Å²) in [5.74, 6) is 0.0319. The molecule has 2 heteroatoms. The van der Waals surface area contributed by atoms with E-state index in [-0.39, 0.29) is 18.2 Å². The standard InChI is InChI=1S/C15H12O.ClH/c16-15(14-9-5-2-6-10-14)12-11-13-7-3-1-4-8-13;/h1-12H;1H/p-1/b12-11+;. The molecule has 0 saturated heterocycles. The monoisotopic (exact) mass is 243 g/mol. The second-order valence-electron chi connectivity index (χ2n) is 3.47. The quantitative estimate of drug-likeness (QED) is 0.570. The molecule has 0 aromatic heterocycles. The Hall–Kier alpha value is -1.86. The van der Waals surface area contributed by atoms with Crippen LogP contribution < -0.4 is 12.4 Å². The maximum absolute atomic E-state index is 11.7. The highest BCUT2D eigenvalue weighted by molar-refractivity contribution is 6.06. The molecule has 0 radical (unpaired) electrons. The molecule has 0 amide bonds. The topological polar surface area (TPSA) is 17.1 Å². The van der Waals surface area contributed by atoms with Crippen molar-refractivity contribution in [3.8, 4) is 0 Å². The van der Waals surface area contributed by atoms with Crippen LogP contribution in [0.15, 0.2) is 66.7 Å². The lowest BCUT2D eigenvalue weighted by Gasteiger charge is -1.94. The van der Waals surface area contributed by atoms with E-state index in [0.717, 1.165) is 11.1 Å². The zero-order valence-corrected chi connectivity index (χ0v) is 9.97. The van der Waals surface area contributed by atoms with Crippen LogP contribution in [-0.4, -0.2) is 5.78 Å². The van der Waals surface area contributed by atoms with Crippen LogP contribution in [0.4, 0.5) is 0 Å². The molecule has 0 unspecified atom stereocenters. The van der Waals surface area contributed by atoms with Crippen molar-refractivity contribution in [1.29, 1.82) is 0 Å². The summed E-state index contributed by atoms with van der Waals surface area (Å²) >= 11 is 0. The lowest BCUT2D eigenvalue weighted by molar-refractivity contribution is -0.0000105. The van der Waals surface area contributed by atoms with Crippen LogP contribution in [0.1, 0.15) is 15.9 Å². The van der Waals surface area contributed by atoms with Crippen LogP contribution in [0.25, 0.3) is 6.08 Å². The Labute approximate surface area is 107 Å².